The highest BCUT2D eigenvalue weighted by atomic mass is 16.5. The van der Waals surface area contributed by atoms with Crippen molar-refractivity contribution in [1.29, 1.82) is 0 Å². The van der Waals surface area contributed by atoms with Gasteiger partial charge < -0.3 is 14.9 Å². The highest BCUT2D eigenvalue weighted by molar-refractivity contribution is 5.69. The van der Waals surface area contributed by atoms with Crippen molar-refractivity contribution in [2.75, 3.05) is 6.61 Å². The Morgan fingerprint density at radius 2 is 1.45 bits per heavy atom. The molecular weight excluding hydrogens is 256 g/mol. The Balaban J connectivity index is 3.33. The fourth-order valence-corrected chi connectivity index (χ4v) is 2.28. The van der Waals surface area contributed by atoms with Crippen LogP contribution in [0.2, 0.25) is 0 Å². The summed E-state index contributed by atoms with van der Waals surface area (Å²) < 4.78 is 4.79. The average molecular weight is 288 g/mol. The van der Waals surface area contributed by atoms with Gasteiger partial charge in [-0.2, -0.15) is 0 Å². The molecule has 0 saturated carbocycles. The smallest absolute Gasteiger partial charge is 0.308 e. The van der Waals surface area contributed by atoms with Gasteiger partial charge in [-0.3, -0.25) is 4.79 Å². The van der Waals surface area contributed by atoms with E-state index in [0.29, 0.717) is 13.0 Å². The van der Waals surface area contributed by atoms with E-state index in [2.05, 4.69) is 6.92 Å². The highest BCUT2D eigenvalue weighted by Gasteiger charge is 2.10. The highest BCUT2D eigenvalue weighted by Crippen LogP contribution is 2.12. The number of esters is 1. The number of hydrogen-bond donors (Lipinski definition) is 2. The Hall–Kier alpha value is -0.610. The zero-order valence-corrected chi connectivity index (χ0v) is 13.1. The summed E-state index contributed by atoms with van der Waals surface area (Å²) in [6.45, 7) is 4.22. The lowest BCUT2D eigenvalue weighted by Crippen LogP contribution is -2.15. The summed E-state index contributed by atoms with van der Waals surface area (Å²) in [6.07, 6.45) is 8.27. The number of aliphatic hydroxyl groups is 2. The zero-order valence-electron chi connectivity index (χ0n) is 13.1. The molecule has 0 aliphatic heterocycles. The summed E-state index contributed by atoms with van der Waals surface area (Å²) in [6, 6.07) is 0. The van der Waals surface area contributed by atoms with Crippen LogP contribution in [0.1, 0.15) is 78.1 Å². The number of hydrogen-bond acceptors (Lipinski definition) is 4. The second-order valence-corrected chi connectivity index (χ2v) is 5.45. The number of ether oxygens (including phenoxy) is 1. The maximum absolute atomic E-state index is 11.1. The molecule has 0 spiro atoms. The molecule has 120 valence electrons. The Bertz CT molecular complexity index is 231. The summed E-state index contributed by atoms with van der Waals surface area (Å²) in [5.41, 5.74) is 0. The van der Waals surface area contributed by atoms with Gasteiger partial charge in [0, 0.05) is 0 Å². The topological polar surface area (TPSA) is 66.8 Å². The molecular formula is C16H32O4. The van der Waals surface area contributed by atoms with E-state index in [1.165, 1.54) is 0 Å². The molecule has 4 nitrogen and oxygen atoms in total. The summed E-state index contributed by atoms with van der Waals surface area (Å²) >= 11 is 0. The van der Waals surface area contributed by atoms with Crippen molar-refractivity contribution in [3.05, 3.63) is 0 Å². The number of aliphatic hydroxyl groups excluding tert-OH is 2. The van der Waals surface area contributed by atoms with Crippen LogP contribution in [0.25, 0.3) is 0 Å². The second kappa shape index (κ2) is 13.4. The maximum atomic E-state index is 11.1. The summed E-state index contributed by atoms with van der Waals surface area (Å²) in [5, 5.41) is 19.2. The Morgan fingerprint density at radius 1 is 0.900 bits per heavy atom. The van der Waals surface area contributed by atoms with E-state index in [4.69, 9.17) is 4.74 Å². The fraction of sp³-hybridized carbons (Fsp3) is 0.938. The van der Waals surface area contributed by atoms with E-state index in [0.717, 1.165) is 51.4 Å². The van der Waals surface area contributed by atoms with Crippen LogP contribution in [0, 0.1) is 0 Å². The minimum Gasteiger partial charge on any atom is -0.466 e. The molecule has 0 bridgehead atoms. The maximum Gasteiger partial charge on any atom is 0.308 e. The predicted molar refractivity (Wildman–Crippen MR) is 80.5 cm³/mol. The van der Waals surface area contributed by atoms with Crippen molar-refractivity contribution >= 4 is 5.97 Å². The Kier molecular flexibility index (Phi) is 13.0. The largest absolute Gasteiger partial charge is 0.466 e. The van der Waals surface area contributed by atoms with Gasteiger partial charge in [-0.05, 0) is 26.2 Å². The van der Waals surface area contributed by atoms with Crippen molar-refractivity contribution in [2.45, 2.75) is 90.3 Å². The molecule has 0 saturated heterocycles. The molecule has 2 unspecified atom stereocenters. The first-order valence-electron chi connectivity index (χ1n) is 8.11. The van der Waals surface area contributed by atoms with Crippen molar-refractivity contribution in [2.24, 2.45) is 0 Å². The molecule has 0 rings (SSSR count). The third-order valence-electron chi connectivity index (χ3n) is 3.40. The van der Waals surface area contributed by atoms with Crippen molar-refractivity contribution in [1.82, 2.24) is 0 Å². The molecule has 0 aliphatic carbocycles. The lowest BCUT2D eigenvalue weighted by atomic mass is 10.0. The molecule has 2 atom stereocenters. The first kappa shape index (κ1) is 19.4. The van der Waals surface area contributed by atoms with E-state index in [9.17, 15) is 15.0 Å². The Morgan fingerprint density at radius 3 is 2.00 bits per heavy atom. The lowest BCUT2D eigenvalue weighted by molar-refractivity contribution is -0.145. The summed E-state index contributed by atoms with van der Waals surface area (Å²) in [4.78, 5) is 11.1. The number of rotatable bonds is 13. The first-order chi connectivity index (χ1) is 9.60. The molecule has 0 aromatic rings. The summed E-state index contributed by atoms with van der Waals surface area (Å²) in [7, 11) is 0. The molecule has 0 radical (unpaired) electrons. The van der Waals surface area contributed by atoms with Gasteiger partial charge in [0.25, 0.3) is 0 Å². The third kappa shape index (κ3) is 12.4. The van der Waals surface area contributed by atoms with Crippen LogP contribution in [0.5, 0.6) is 0 Å². The quantitative estimate of drug-likeness (QED) is 0.403. The van der Waals surface area contributed by atoms with Gasteiger partial charge in [0.1, 0.15) is 0 Å². The third-order valence-corrected chi connectivity index (χ3v) is 3.40. The van der Waals surface area contributed by atoms with Crippen molar-refractivity contribution < 1.29 is 19.7 Å². The Labute approximate surface area is 123 Å². The molecule has 0 aromatic heterocycles. The standard InChI is InChI=1S/C16H32O4/c1-3-10-14(17)11-8-6-5-7-9-12-15(18)13-16(19)20-4-2/h14-15,17-18H,3-13H2,1-2H3. The number of carbonyl (C=O) groups excluding carboxylic acids is 1. The van der Waals surface area contributed by atoms with E-state index in [1.54, 1.807) is 6.92 Å². The van der Waals surface area contributed by atoms with Gasteiger partial charge in [0.05, 0.1) is 25.2 Å². The van der Waals surface area contributed by atoms with Crippen LogP contribution in [-0.4, -0.2) is 35.0 Å². The SMILES string of the molecule is CCCC(O)CCCCCCCC(O)CC(=O)OCC. The van der Waals surface area contributed by atoms with Gasteiger partial charge in [-0.1, -0.05) is 45.4 Å². The van der Waals surface area contributed by atoms with Crippen LogP contribution in [0.15, 0.2) is 0 Å². The van der Waals surface area contributed by atoms with Gasteiger partial charge in [-0.25, -0.2) is 0 Å². The number of unbranched alkanes of at least 4 members (excludes halogenated alkanes) is 4. The lowest BCUT2D eigenvalue weighted by Gasteiger charge is -2.10. The van der Waals surface area contributed by atoms with Gasteiger partial charge in [0.2, 0.25) is 0 Å². The van der Waals surface area contributed by atoms with Gasteiger partial charge >= 0.3 is 5.97 Å². The average Bonchev–Trinajstić information content (AvgIpc) is 2.38. The molecule has 0 fully saturated rings. The van der Waals surface area contributed by atoms with E-state index in [-0.39, 0.29) is 18.5 Å². The monoisotopic (exact) mass is 288 g/mol. The molecule has 20 heavy (non-hydrogen) atoms. The minimum absolute atomic E-state index is 0.108. The van der Waals surface area contributed by atoms with Gasteiger partial charge in [-0.15, -0.1) is 0 Å². The predicted octanol–water partition coefficient (Wildman–Crippen LogP) is 3.19. The van der Waals surface area contributed by atoms with E-state index < -0.39 is 6.10 Å². The normalized spacial score (nSPS) is 14.0. The van der Waals surface area contributed by atoms with E-state index in [1.807, 2.05) is 0 Å². The minimum atomic E-state index is -0.569. The van der Waals surface area contributed by atoms with Gasteiger partial charge in [0.15, 0.2) is 0 Å². The second-order valence-electron chi connectivity index (χ2n) is 5.45. The van der Waals surface area contributed by atoms with Crippen molar-refractivity contribution in [3.8, 4) is 0 Å². The zero-order chi connectivity index (χ0) is 15.2. The molecule has 2 N–H and O–H groups in total. The van der Waals surface area contributed by atoms with Crippen LogP contribution in [0.4, 0.5) is 0 Å². The number of carbonyl (C=O) groups is 1. The van der Waals surface area contributed by atoms with Crippen LogP contribution in [-0.2, 0) is 9.53 Å². The molecule has 0 amide bonds. The summed E-state index contributed by atoms with van der Waals surface area (Å²) in [5.74, 6) is -0.315. The van der Waals surface area contributed by atoms with Crippen molar-refractivity contribution in [3.63, 3.8) is 0 Å². The first-order valence-corrected chi connectivity index (χ1v) is 8.11. The molecule has 0 aliphatic rings. The van der Waals surface area contributed by atoms with E-state index >= 15 is 0 Å². The molecule has 0 heterocycles. The fourth-order valence-electron chi connectivity index (χ4n) is 2.28. The molecule has 0 aromatic carbocycles. The van der Waals surface area contributed by atoms with Crippen LogP contribution in [0.3, 0.4) is 0 Å². The van der Waals surface area contributed by atoms with Crippen LogP contribution >= 0.6 is 0 Å². The van der Waals surface area contributed by atoms with Crippen LogP contribution < -0.4 is 0 Å². The molecule has 4 heteroatoms.